The largest absolute Gasteiger partial charge is 0.481 e. The first-order valence-electron chi connectivity index (χ1n) is 9.22. The Balaban J connectivity index is 1.58. The van der Waals surface area contributed by atoms with Crippen molar-refractivity contribution in [1.82, 2.24) is 5.43 Å². The molecule has 3 aromatic rings. The molecule has 29 heavy (non-hydrogen) atoms. The van der Waals surface area contributed by atoms with E-state index in [0.29, 0.717) is 17.9 Å². The Morgan fingerprint density at radius 3 is 2.48 bits per heavy atom. The summed E-state index contributed by atoms with van der Waals surface area (Å²) >= 11 is 3.39. The Kier molecular flexibility index (Phi) is 7.41. The standard InChI is InChI=1S/C23H21BrN2O3/c1-2-22(29-21-13-7-9-18(24)15-21)23(27)26-25-16-17-8-6-12-20(14-17)28-19-10-4-3-5-11-19/h3-16,22H,2H2,1H3,(H,26,27)/b25-16-/t22-/m0/s1. The van der Waals surface area contributed by atoms with Gasteiger partial charge in [0.1, 0.15) is 17.2 Å². The molecule has 0 aliphatic rings. The minimum Gasteiger partial charge on any atom is -0.481 e. The fourth-order valence-corrected chi connectivity index (χ4v) is 2.93. The first-order chi connectivity index (χ1) is 14.1. The maximum Gasteiger partial charge on any atom is 0.281 e. The van der Waals surface area contributed by atoms with Crippen molar-refractivity contribution < 1.29 is 14.3 Å². The van der Waals surface area contributed by atoms with E-state index in [1.807, 2.05) is 85.8 Å². The van der Waals surface area contributed by atoms with Crippen molar-refractivity contribution in [2.75, 3.05) is 0 Å². The molecular formula is C23H21BrN2O3. The van der Waals surface area contributed by atoms with Crippen LogP contribution < -0.4 is 14.9 Å². The average molecular weight is 453 g/mol. The molecule has 148 valence electrons. The minimum absolute atomic E-state index is 0.305. The van der Waals surface area contributed by atoms with Gasteiger partial charge in [-0.25, -0.2) is 5.43 Å². The Morgan fingerprint density at radius 1 is 1.00 bits per heavy atom. The van der Waals surface area contributed by atoms with E-state index < -0.39 is 6.10 Å². The van der Waals surface area contributed by atoms with Gasteiger partial charge in [-0.2, -0.15) is 5.10 Å². The Hall–Kier alpha value is -3.12. The molecule has 1 N–H and O–H groups in total. The fraction of sp³-hybridized carbons (Fsp3) is 0.130. The number of carbonyl (C=O) groups is 1. The zero-order chi connectivity index (χ0) is 20.5. The number of rotatable bonds is 8. The number of ether oxygens (including phenoxy) is 2. The lowest BCUT2D eigenvalue weighted by molar-refractivity contribution is -0.128. The molecule has 6 heteroatoms. The van der Waals surface area contributed by atoms with Gasteiger partial charge in [0.15, 0.2) is 6.10 Å². The number of hydrazone groups is 1. The Morgan fingerprint density at radius 2 is 1.72 bits per heavy atom. The minimum atomic E-state index is -0.630. The van der Waals surface area contributed by atoms with Crippen LogP contribution in [-0.2, 0) is 4.79 Å². The summed E-state index contributed by atoms with van der Waals surface area (Å²) in [7, 11) is 0. The van der Waals surface area contributed by atoms with Gasteiger partial charge < -0.3 is 9.47 Å². The Labute approximate surface area is 178 Å². The summed E-state index contributed by atoms with van der Waals surface area (Å²) in [5.74, 6) is 1.76. The first kappa shape index (κ1) is 20.6. The SMILES string of the molecule is CC[C@H](Oc1cccc(Br)c1)C(=O)N/N=C\c1cccc(Oc2ccccc2)c1. The van der Waals surface area contributed by atoms with Gasteiger partial charge in [0.2, 0.25) is 0 Å². The fourth-order valence-electron chi connectivity index (χ4n) is 2.55. The highest BCUT2D eigenvalue weighted by Gasteiger charge is 2.17. The highest BCUT2D eigenvalue weighted by atomic mass is 79.9. The van der Waals surface area contributed by atoms with Crippen LogP contribution in [0, 0.1) is 0 Å². The topological polar surface area (TPSA) is 59.9 Å². The van der Waals surface area contributed by atoms with E-state index in [-0.39, 0.29) is 5.91 Å². The number of nitrogens with one attached hydrogen (secondary N) is 1. The third kappa shape index (κ3) is 6.47. The van der Waals surface area contributed by atoms with Gasteiger partial charge in [0.25, 0.3) is 5.91 Å². The molecule has 0 saturated carbocycles. The second-order valence-electron chi connectivity index (χ2n) is 6.19. The van der Waals surface area contributed by atoms with Crippen LogP contribution in [0.3, 0.4) is 0 Å². The molecule has 0 bridgehead atoms. The van der Waals surface area contributed by atoms with Gasteiger partial charge in [-0.05, 0) is 54.4 Å². The molecule has 0 spiro atoms. The molecule has 0 aromatic heterocycles. The van der Waals surface area contributed by atoms with Crippen molar-refractivity contribution in [3.8, 4) is 17.2 Å². The number of amides is 1. The monoisotopic (exact) mass is 452 g/mol. The third-order valence-corrected chi connectivity index (χ3v) is 4.46. The Bertz CT molecular complexity index is 977. The van der Waals surface area contributed by atoms with Crippen molar-refractivity contribution in [2.24, 2.45) is 5.10 Å². The quantitative estimate of drug-likeness (QED) is 0.360. The summed E-state index contributed by atoms with van der Waals surface area (Å²) in [5, 5.41) is 4.05. The molecular weight excluding hydrogens is 432 g/mol. The van der Waals surface area contributed by atoms with Crippen molar-refractivity contribution in [1.29, 1.82) is 0 Å². The maximum absolute atomic E-state index is 12.4. The number of carbonyl (C=O) groups excluding carboxylic acids is 1. The predicted molar refractivity (Wildman–Crippen MR) is 118 cm³/mol. The van der Waals surface area contributed by atoms with Gasteiger partial charge in [-0.1, -0.05) is 59.3 Å². The lowest BCUT2D eigenvalue weighted by Crippen LogP contribution is -2.35. The zero-order valence-corrected chi connectivity index (χ0v) is 17.5. The van der Waals surface area contributed by atoms with Crippen LogP contribution in [0.2, 0.25) is 0 Å². The van der Waals surface area contributed by atoms with Crippen molar-refractivity contribution in [2.45, 2.75) is 19.4 Å². The van der Waals surface area contributed by atoms with Gasteiger partial charge in [-0.15, -0.1) is 0 Å². The van der Waals surface area contributed by atoms with Gasteiger partial charge >= 0.3 is 0 Å². The van der Waals surface area contributed by atoms with E-state index in [9.17, 15) is 4.79 Å². The molecule has 0 unspecified atom stereocenters. The molecule has 0 fully saturated rings. The van der Waals surface area contributed by atoms with Gasteiger partial charge in [0, 0.05) is 4.47 Å². The van der Waals surface area contributed by atoms with Crippen LogP contribution in [0.5, 0.6) is 17.2 Å². The summed E-state index contributed by atoms with van der Waals surface area (Å²) in [6, 6.07) is 24.4. The number of hydrogen-bond acceptors (Lipinski definition) is 4. The summed E-state index contributed by atoms with van der Waals surface area (Å²) in [5.41, 5.74) is 3.34. The van der Waals surface area contributed by atoms with E-state index in [2.05, 4.69) is 26.5 Å². The van der Waals surface area contributed by atoms with Crippen molar-refractivity contribution in [3.63, 3.8) is 0 Å². The first-order valence-corrected chi connectivity index (χ1v) is 10.0. The lowest BCUT2D eigenvalue weighted by atomic mass is 10.2. The lowest BCUT2D eigenvalue weighted by Gasteiger charge is -2.15. The predicted octanol–water partition coefficient (Wildman–Crippen LogP) is 5.55. The maximum atomic E-state index is 12.4. The molecule has 5 nitrogen and oxygen atoms in total. The van der Waals surface area contributed by atoms with E-state index in [1.165, 1.54) is 0 Å². The number of nitrogens with zero attached hydrogens (tertiary/aromatic N) is 1. The molecule has 0 heterocycles. The van der Waals surface area contributed by atoms with E-state index in [4.69, 9.17) is 9.47 Å². The summed E-state index contributed by atoms with van der Waals surface area (Å²) in [4.78, 5) is 12.4. The van der Waals surface area contributed by atoms with Crippen LogP contribution >= 0.6 is 15.9 Å². The van der Waals surface area contributed by atoms with Crippen LogP contribution in [0.25, 0.3) is 0 Å². The normalized spacial score (nSPS) is 11.8. The van der Waals surface area contributed by atoms with E-state index in [1.54, 1.807) is 6.21 Å². The second kappa shape index (κ2) is 10.4. The zero-order valence-electron chi connectivity index (χ0n) is 15.9. The van der Waals surface area contributed by atoms with Gasteiger partial charge in [0.05, 0.1) is 6.21 Å². The second-order valence-corrected chi connectivity index (χ2v) is 7.11. The average Bonchev–Trinajstić information content (AvgIpc) is 2.73. The molecule has 0 aliphatic carbocycles. The molecule has 1 atom stereocenters. The van der Waals surface area contributed by atoms with Crippen LogP contribution in [0.4, 0.5) is 0 Å². The molecule has 3 rings (SSSR count). The number of hydrogen-bond donors (Lipinski definition) is 1. The highest BCUT2D eigenvalue weighted by molar-refractivity contribution is 9.10. The summed E-state index contributed by atoms with van der Waals surface area (Å²) in [6.07, 6.45) is 1.46. The van der Waals surface area contributed by atoms with Gasteiger partial charge in [-0.3, -0.25) is 4.79 Å². The third-order valence-electron chi connectivity index (χ3n) is 3.96. The number of para-hydroxylation sites is 1. The van der Waals surface area contributed by atoms with Crippen molar-refractivity contribution >= 4 is 28.1 Å². The summed E-state index contributed by atoms with van der Waals surface area (Å²) in [6.45, 7) is 1.89. The molecule has 0 radical (unpaired) electrons. The molecule has 0 aliphatic heterocycles. The highest BCUT2D eigenvalue weighted by Crippen LogP contribution is 2.21. The molecule has 1 amide bonds. The summed E-state index contributed by atoms with van der Waals surface area (Å²) < 4.78 is 12.5. The van der Waals surface area contributed by atoms with Crippen molar-refractivity contribution in [3.05, 3.63) is 88.9 Å². The van der Waals surface area contributed by atoms with E-state index in [0.717, 1.165) is 15.8 Å². The van der Waals surface area contributed by atoms with Crippen LogP contribution in [0.15, 0.2) is 88.4 Å². The molecule has 0 saturated heterocycles. The van der Waals surface area contributed by atoms with E-state index >= 15 is 0 Å². The molecule has 3 aromatic carbocycles. The van der Waals surface area contributed by atoms with Crippen LogP contribution in [0.1, 0.15) is 18.9 Å². The van der Waals surface area contributed by atoms with Crippen LogP contribution in [-0.4, -0.2) is 18.2 Å². The smallest absolute Gasteiger partial charge is 0.281 e. The number of benzene rings is 3. The number of halogens is 1.